The van der Waals surface area contributed by atoms with Gasteiger partial charge in [-0.15, -0.1) is 0 Å². The van der Waals surface area contributed by atoms with E-state index in [0.717, 1.165) is 54.5 Å². The average Bonchev–Trinajstić information content (AvgIpc) is 3.19. The molecule has 1 aliphatic rings. The van der Waals surface area contributed by atoms with E-state index in [9.17, 15) is 4.79 Å². The minimum atomic E-state index is -0.162. The standard InChI is InChI=1S/C21H23N3O3/c1-2-16-13-20(24-27-16)21(25)23-15-5-7-17(8-6-15)26-18-9-10-19-14(12-18)4-3-11-22-19/h3-4,9-13,15,17H,2,5-8H2,1H3,(H,23,25). The van der Waals surface area contributed by atoms with Crippen molar-refractivity contribution < 1.29 is 14.1 Å². The smallest absolute Gasteiger partial charge is 0.273 e. The summed E-state index contributed by atoms with van der Waals surface area (Å²) < 4.78 is 11.3. The van der Waals surface area contributed by atoms with Crippen molar-refractivity contribution in [2.75, 3.05) is 0 Å². The van der Waals surface area contributed by atoms with Crippen LogP contribution in [0, 0.1) is 0 Å². The van der Waals surface area contributed by atoms with Gasteiger partial charge in [0.05, 0.1) is 11.6 Å². The van der Waals surface area contributed by atoms with Gasteiger partial charge >= 0.3 is 0 Å². The Morgan fingerprint density at radius 3 is 2.85 bits per heavy atom. The molecule has 0 aliphatic heterocycles. The fourth-order valence-corrected chi connectivity index (χ4v) is 3.49. The molecule has 1 N–H and O–H groups in total. The molecule has 1 saturated carbocycles. The zero-order valence-corrected chi connectivity index (χ0v) is 15.4. The molecule has 2 heterocycles. The van der Waals surface area contributed by atoms with Crippen LogP contribution in [0.25, 0.3) is 10.9 Å². The van der Waals surface area contributed by atoms with Gasteiger partial charge < -0.3 is 14.6 Å². The number of nitrogens with zero attached hydrogens (tertiary/aromatic N) is 2. The van der Waals surface area contributed by atoms with Crippen LogP contribution < -0.4 is 10.1 Å². The van der Waals surface area contributed by atoms with Gasteiger partial charge in [-0.25, -0.2) is 0 Å². The SMILES string of the molecule is CCc1cc(C(=O)NC2CCC(Oc3ccc4ncccc4c3)CC2)no1. The van der Waals surface area contributed by atoms with Crippen molar-refractivity contribution in [1.29, 1.82) is 0 Å². The number of rotatable bonds is 5. The van der Waals surface area contributed by atoms with Crippen molar-refractivity contribution in [3.63, 3.8) is 0 Å². The van der Waals surface area contributed by atoms with E-state index in [-0.39, 0.29) is 18.1 Å². The van der Waals surface area contributed by atoms with Crippen molar-refractivity contribution in [2.45, 2.75) is 51.2 Å². The molecule has 2 aromatic heterocycles. The Hall–Kier alpha value is -2.89. The maximum Gasteiger partial charge on any atom is 0.273 e. The minimum absolute atomic E-state index is 0.153. The Kier molecular flexibility index (Phi) is 5.05. The van der Waals surface area contributed by atoms with Gasteiger partial charge in [0.15, 0.2) is 5.69 Å². The first kappa shape index (κ1) is 17.5. The molecule has 0 bridgehead atoms. The van der Waals surface area contributed by atoms with E-state index < -0.39 is 0 Å². The van der Waals surface area contributed by atoms with Gasteiger partial charge in [0.2, 0.25) is 0 Å². The molecule has 0 spiro atoms. The molecule has 27 heavy (non-hydrogen) atoms. The molecule has 0 saturated heterocycles. The van der Waals surface area contributed by atoms with E-state index in [1.54, 1.807) is 12.3 Å². The lowest BCUT2D eigenvalue weighted by molar-refractivity contribution is 0.0885. The molecule has 0 unspecified atom stereocenters. The summed E-state index contributed by atoms with van der Waals surface area (Å²) in [6.45, 7) is 1.97. The van der Waals surface area contributed by atoms with E-state index in [1.165, 1.54) is 0 Å². The van der Waals surface area contributed by atoms with Crippen LogP contribution in [0.4, 0.5) is 0 Å². The van der Waals surface area contributed by atoms with E-state index >= 15 is 0 Å². The molecule has 6 nitrogen and oxygen atoms in total. The number of benzene rings is 1. The van der Waals surface area contributed by atoms with Crippen LogP contribution in [-0.4, -0.2) is 28.2 Å². The van der Waals surface area contributed by atoms with Crippen LogP contribution in [0.2, 0.25) is 0 Å². The van der Waals surface area contributed by atoms with Gasteiger partial charge in [0, 0.05) is 30.1 Å². The molecule has 1 amide bonds. The molecule has 0 atom stereocenters. The fourth-order valence-electron chi connectivity index (χ4n) is 3.49. The lowest BCUT2D eigenvalue weighted by Crippen LogP contribution is -2.39. The lowest BCUT2D eigenvalue weighted by Gasteiger charge is -2.29. The molecule has 140 valence electrons. The number of hydrogen-bond donors (Lipinski definition) is 1. The first-order valence-electron chi connectivity index (χ1n) is 9.49. The maximum absolute atomic E-state index is 12.3. The van der Waals surface area contributed by atoms with Crippen LogP contribution in [0.5, 0.6) is 5.75 Å². The summed E-state index contributed by atoms with van der Waals surface area (Å²) in [7, 11) is 0. The number of fused-ring (bicyclic) bond motifs is 1. The van der Waals surface area contributed by atoms with Crippen molar-refractivity contribution in [1.82, 2.24) is 15.5 Å². The van der Waals surface area contributed by atoms with E-state index in [1.807, 2.05) is 37.3 Å². The zero-order chi connectivity index (χ0) is 18.6. The van der Waals surface area contributed by atoms with Gasteiger partial charge in [-0.2, -0.15) is 0 Å². The number of pyridine rings is 1. The Morgan fingerprint density at radius 2 is 2.07 bits per heavy atom. The average molecular weight is 365 g/mol. The molecule has 1 fully saturated rings. The van der Waals surface area contributed by atoms with Crippen LogP contribution in [-0.2, 0) is 6.42 Å². The summed E-state index contributed by atoms with van der Waals surface area (Å²) in [5, 5.41) is 7.97. The Bertz CT molecular complexity index is 929. The second-order valence-electron chi connectivity index (χ2n) is 6.95. The van der Waals surface area contributed by atoms with Gasteiger partial charge in [0.1, 0.15) is 11.5 Å². The summed E-state index contributed by atoms with van der Waals surface area (Å²) in [5.41, 5.74) is 1.32. The second kappa shape index (κ2) is 7.78. The highest BCUT2D eigenvalue weighted by Gasteiger charge is 2.25. The first-order valence-corrected chi connectivity index (χ1v) is 9.49. The lowest BCUT2D eigenvalue weighted by atomic mass is 9.92. The molecule has 1 aliphatic carbocycles. The topological polar surface area (TPSA) is 77.2 Å². The van der Waals surface area contributed by atoms with Gasteiger partial charge in [-0.05, 0) is 49.9 Å². The van der Waals surface area contributed by atoms with Crippen molar-refractivity contribution in [2.24, 2.45) is 0 Å². The number of ether oxygens (including phenoxy) is 1. The first-order chi connectivity index (χ1) is 13.2. The molecule has 0 radical (unpaired) electrons. The monoisotopic (exact) mass is 365 g/mol. The van der Waals surface area contributed by atoms with Crippen LogP contribution in [0.1, 0.15) is 48.9 Å². The third-order valence-electron chi connectivity index (χ3n) is 5.03. The Balaban J connectivity index is 1.29. The molecular weight excluding hydrogens is 342 g/mol. The summed E-state index contributed by atoms with van der Waals surface area (Å²) in [6.07, 6.45) is 6.30. The Labute approximate surface area is 157 Å². The highest BCUT2D eigenvalue weighted by molar-refractivity contribution is 5.92. The normalized spacial score (nSPS) is 19.7. The van der Waals surface area contributed by atoms with Crippen LogP contribution >= 0.6 is 0 Å². The predicted octanol–water partition coefficient (Wildman–Crippen LogP) is 3.91. The molecule has 4 rings (SSSR count). The van der Waals surface area contributed by atoms with E-state index in [2.05, 4.69) is 15.5 Å². The van der Waals surface area contributed by atoms with Gasteiger partial charge in [-0.1, -0.05) is 18.1 Å². The summed E-state index contributed by atoms with van der Waals surface area (Å²) in [4.78, 5) is 16.6. The van der Waals surface area contributed by atoms with E-state index in [4.69, 9.17) is 9.26 Å². The number of hydrogen-bond acceptors (Lipinski definition) is 5. The van der Waals surface area contributed by atoms with Crippen molar-refractivity contribution in [3.8, 4) is 5.75 Å². The molecular formula is C21H23N3O3. The molecule has 1 aromatic carbocycles. The number of aromatic nitrogens is 2. The van der Waals surface area contributed by atoms with E-state index in [0.29, 0.717) is 5.69 Å². The summed E-state index contributed by atoms with van der Waals surface area (Å²) in [5.74, 6) is 1.44. The zero-order valence-electron chi connectivity index (χ0n) is 15.4. The number of carbonyl (C=O) groups excluding carboxylic acids is 1. The molecule has 6 heteroatoms. The predicted molar refractivity (Wildman–Crippen MR) is 102 cm³/mol. The Morgan fingerprint density at radius 1 is 1.22 bits per heavy atom. The number of nitrogens with one attached hydrogen (secondary N) is 1. The van der Waals surface area contributed by atoms with Crippen LogP contribution in [0.15, 0.2) is 47.1 Å². The van der Waals surface area contributed by atoms with Gasteiger partial charge in [0.25, 0.3) is 5.91 Å². The number of aryl methyl sites for hydroxylation is 1. The highest BCUT2D eigenvalue weighted by atomic mass is 16.5. The summed E-state index contributed by atoms with van der Waals surface area (Å²) >= 11 is 0. The second-order valence-corrected chi connectivity index (χ2v) is 6.95. The minimum Gasteiger partial charge on any atom is -0.490 e. The summed E-state index contributed by atoms with van der Waals surface area (Å²) in [6, 6.07) is 11.8. The maximum atomic E-state index is 12.3. The highest BCUT2D eigenvalue weighted by Crippen LogP contribution is 2.26. The third kappa shape index (κ3) is 4.10. The fraction of sp³-hybridized carbons (Fsp3) is 0.381. The van der Waals surface area contributed by atoms with Gasteiger partial charge in [-0.3, -0.25) is 9.78 Å². The largest absolute Gasteiger partial charge is 0.490 e. The van der Waals surface area contributed by atoms with Crippen molar-refractivity contribution >= 4 is 16.8 Å². The number of amides is 1. The quantitative estimate of drug-likeness (QED) is 0.742. The third-order valence-corrected chi connectivity index (χ3v) is 5.03. The van der Waals surface area contributed by atoms with Crippen molar-refractivity contribution in [3.05, 3.63) is 54.0 Å². The molecule has 3 aromatic rings. The number of carbonyl (C=O) groups is 1. The van der Waals surface area contributed by atoms with Crippen LogP contribution in [0.3, 0.4) is 0 Å².